The van der Waals surface area contributed by atoms with E-state index in [4.69, 9.17) is 12.2 Å². The van der Waals surface area contributed by atoms with Crippen LogP contribution >= 0.6 is 12.2 Å². The molecule has 0 aromatic rings. The Hall–Kier alpha value is -0.350. The number of nitrogens with one attached hydrogen (secondary N) is 1. The summed E-state index contributed by atoms with van der Waals surface area (Å²) in [5.41, 5.74) is 0. The van der Waals surface area contributed by atoms with E-state index in [0.717, 1.165) is 18.2 Å². The molecule has 0 radical (unpaired) electrons. The van der Waals surface area contributed by atoms with E-state index in [0.29, 0.717) is 18.1 Å². The van der Waals surface area contributed by atoms with Crippen molar-refractivity contribution < 1.29 is 0 Å². The first-order valence-electron chi connectivity index (χ1n) is 7.35. The molecule has 104 valence electrons. The molecule has 2 aliphatic rings. The highest BCUT2D eigenvalue weighted by Gasteiger charge is 2.28. The van der Waals surface area contributed by atoms with Crippen molar-refractivity contribution in [2.45, 2.75) is 64.1 Å². The number of hydrogen-bond acceptors (Lipinski definition) is 2. The standard InChI is InChI=1S/C14H27N3S/c1-11-9-17(10-12(2)16(11)3)14(18)15-13-7-5-4-6-8-13/h11-13H,4-10H2,1-3H3,(H,15,18). The van der Waals surface area contributed by atoms with E-state index in [2.05, 4.69) is 36.0 Å². The Bertz CT molecular complexity index is 277. The molecule has 1 saturated carbocycles. The minimum atomic E-state index is 0.583. The molecule has 1 saturated heterocycles. The Balaban J connectivity index is 1.85. The summed E-state index contributed by atoms with van der Waals surface area (Å²) >= 11 is 5.60. The zero-order valence-corrected chi connectivity index (χ0v) is 12.8. The molecule has 3 nitrogen and oxygen atoms in total. The van der Waals surface area contributed by atoms with Crippen LogP contribution in [0.15, 0.2) is 0 Å². The van der Waals surface area contributed by atoms with E-state index >= 15 is 0 Å². The zero-order chi connectivity index (χ0) is 13.1. The van der Waals surface area contributed by atoms with E-state index in [1.807, 2.05) is 0 Å². The third-order valence-corrected chi connectivity index (χ3v) is 4.96. The van der Waals surface area contributed by atoms with Crippen molar-refractivity contribution >= 4 is 17.3 Å². The van der Waals surface area contributed by atoms with Gasteiger partial charge in [-0.25, -0.2) is 0 Å². The lowest BCUT2D eigenvalue weighted by molar-refractivity contribution is 0.0976. The second-order valence-electron chi connectivity index (χ2n) is 6.05. The number of thiocarbonyl (C=S) groups is 1. The van der Waals surface area contributed by atoms with Crippen LogP contribution in [0.2, 0.25) is 0 Å². The largest absolute Gasteiger partial charge is 0.360 e. The number of nitrogens with zero attached hydrogens (tertiary/aromatic N) is 2. The second kappa shape index (κ2) is 6.20. The SMILES string of the molecule is CC1CN(C(=S)NC2CCCCC2)CC(C)N1C. The van der Waals surface area contributed by atoms with E-state index in [9.17, 15) is 0 Å². The molecule has 1 heterocycles. The van der Waals surface area contributed by atoms with Crippen LogP contribution in [0, 0.1) is 0 Å². The number of piperazine rings is 1. The average molecular weight is 269 g/mol. The maximum Gasteiger partial charge on any atom is 0.169 e. The van der Waals surface area contributed by atoms with Crippen LogP contribution in [0.3, 0.4) is 0 Å². The monoisotopic (exact) mass is 269 g/mol. The number of rotatable bonds is 1. The van der Waals surface area contributed by atoms with E-state index in [-0.39, 0.29) is 0 Å². The van der Waals surface area contributed by atoms with Gasteiger partial charge >= 0.3 is 0 Å². The van der Waals surface area contributed by atoms with Gasteiger partial charge in [0.2, 0.25) is 0 Å². The number of hydrogen-bond donors (Lipinski definition) is 1. The first kappa shape index (κ1) is 14.1. The molecule has 2 fully saturated rings. The summed E-state index contributed by atoms with van der Waals surface area (Å²) in [7, 11) is 2.21. The van der Waals surface area contributed by atoms with Crippen LogP contribution in [0.25, 0.3) is 0 Å². The first-order chi connectivity index (χ1) is 8.58. The lowest BCUT2D eigenvalue weighted by Gasteiger charge is -2.44. The topological polar surface area (TPSA) is 18.5 Å². The summed E-state index contributed by atoms with van der Waals surface area (Å²) in [6.45, 7) is 6.68. The molecular formula is C14H27N3S. The maximum atomic E-state index is 5.60. The van der Waals surface area contributed by atoms with Gasteiger partial charge in [0.1, 0.15) is 0 Å². The van der Waals surface area contributed by atoms with Gasteiger partial charge in [-0.05, 0) is 46.0 Å². The van der Waals surface area contributed by atoms with Gasteiger partial charge in [0, 0.05) is 31.2 Å². The van der Waals surface area contributed by atoms with Gasteiger partial charge in [-0.15, -0.1) is 0 Å². The Morgan fingerprint density at radius 3 is 2.17 bits per heavy atom. The minimum absolute atomic E-state index is 0.583. The normalized spacial score (nSPS) is 31.4. The molecule has 2 unspecified atom stereocenters. The molecule has 1 aliphatic carbocycles. The van der Waals surface area contributed by atoms with Crippen LogP contribution in [-0.4, -0.2) is 53.2 Å². The molecule has 0 aromatic heterocycles. The van der Waals surface area contributed by atoms with E-state index in [1.165, 1.54) is 32.1 Å². The van der Waals surface area contributed by atoms with Gasteiger partial charge in [-0.3, -0.25) is 4.90 Å². The quantitative estimate of drug-likeness (QED) is 0.735. The second-order valence-corrected chi connectivity index (χ2v) is 6.44. The van der Waals surface area contributed by atoms with E-state index in [1.54, 1.807) is 0 Å². The van der Waals surface area contributed by atoms with Crippen LogP contribution in [0.1, 0.15) is 46.0 Å². The molecule has 2 atom stereocenters. The van der Waals surface area contributed by atoms with Crippen LogP contribution in [0.5, 0.6) is 0 Å². The Kier molecular flexibility index (Phi) is 4.84. The van der Waals surface area contributed by atoms with Gasteiger partial charge in [-0.1, -0.05) is 19.3 Å². The predicted octanol–water partition coefficient (Wildman–Crippen LogP) is 2.22. The summed E-state index contributed by atoms with van der Waals surface area (Å²) in [4.78, 5) is 4.80. The third-order valence-electron chi connectivity index (χ3n) is 4.58. The van der Waals surface area contributed by atoms with Crippen molar-refractivity contribution in [1.82, 2.24) is 15.1 Å². The molecule has 2 rings (SSSR count). The highest BCUT2D eigenvalue weighted by atomic mass is 32.1. The highest BCUT2D eigenvalue weighted by Crippen LogP contribution is 2.19. The summed E-state index contributed by atoms with van der Waals surface area (Å²) in [5, 5.41) is 4.56. The van der Waals surface area contributed by atoms with Crippen LogP contribution in [-0.2, 0) is 0 Å². The molecule has 4 heteroatoms. The molecule has 18 heavy (non-hydrogen) atoms. The van der Waals surface area contributed by atoms with Crippen LogP contribution in [0.4, 0.5) is 0 Å². The van der Waals surface area contributed by atoms with Crippen molar-refractivity contribution in [2.24, 2.45) is 0 Å². The lowest BCUT2D eigenvalue weighted by Crippen LogP contribution is -2.59. The summed E-state index contributed by atoms with van der Waals surface area (Å²) < 4.78 is 0. The predicted molar refractivity (Wildman–Crippen MR) is 80.9 cm³/mol. The molecule has 1 N–H and O–H groups in total. The smallest absolute Gasteiger partial charge is 0.169 e. The third kappa shape index (κ3) is 3.35. The van der Waals surface area contributed by atoms with Crippen LogP contribution < -0.4 is 5.32 Å². The molecule has 0 amide bonds. The van der Waals surface area contributed by atoms with Gasteiger partial charge < -0.3 is 10.2 Å². The average Bonchev–Trinajstić information content (AvgIpc) is 2.36. The molecule has 0 aromatic carbocycles. The fraction of sp³-hybridized carbons (Fsp3) is 0.929. The lowest BCUT2D eigenvalue weighted by atomic mass is 9.96. The number of likely N-dealkylation sites (N-methyl/N-ethyl adjacent to an activating group) is 1. The molecule has 0 bridgehead atoms. The fourth-order valence-corrected chi connectivity index (χ4v) is 3.40. The molecule has 1 aliphatic heterocycles. The summed E-state index contributed by atoms with van der Waals surface area (Å²) in [6, 6.07) is 1.79. The van der Waals surface area contributed by atoms with Crippen molar-refractivity contribution in [1.29, 1.82) is 0 Å². The highest BCUT2D eigenvalue weighted by molar-refractivity contribution is 7.80. The zero-order valence-electron chi connectivity index (χ0n) is 12.0. The van der Waals surface area contributed by atoms with Gasteiger partial charge in [0.15, 0.2) is 5.11 Å². The van der Waals surface area contributed by atoms with Gasteiger partial charge in [0.25, 0.3) is 0 Å². The van der Waals surface area contributed by atoms with Crippen molar-refractivity contribution in [3.8, 4) is 0 Å². The van der Waals surface area contributed by atoms with Gasteiger partial charge in [0.05, 0.1) is 0 Å². The Morgan fingerprint density at radius 1 is 1.06 bits per heavy atom. The molecular weight excluding hydrogens is 242 g/mol. The van der Waals surface area contributed by atoms with Gasteiger partial charge in [-0.2, -0.15) is 0 Å². The van der Waals surface area contributed by atoms with E-state index < -0.39 is 0 Å². The summed E-state index contributed by atoms with van der Waals surface area (Å²) in [5.74, 6) is 0. The fourth-order valence-electron chi connectivity index (χ4n) is 3.08. The Morgan fingerprint density at radius 2 is 1.61 bits per heavy atom. The first-order valence-corrected chi connectivity index (χ1v) is 7.76. The van der Waals surface area contributed by atoms with Crippen molar-refractivity contribution in [2.75, 3.05) is 20.1 Å². The van der Waals surface area contributed by atoms with Crippen molar-refractivity contribution in [3.05, 3.63) is 0 Å². The maximum absolute atomic E-state index is 5.60. The molecule has 0 spiro atoms. The van der Waals surface area contributed by atoms with Crippen molar-refractivity contribution in [3.63, 3.8) is 0 Å². The summed E-state index contributed by atoms with van der Waals surface area (Å²) in [6.07, 6.45) is 6.69. The minimum Gasteiger partial charge on any atom is -0.360 e. The Labute approximate surface area is 117 Å².